The summed E-state index contributed by atoms with van der Waals surface area (Å²) in [5.74, 6) is -10.00. The number of hydrogen-bond acceptors (Lipinski definition) is 2. The molecule has 0 unspecified atom stereocenters. The lowest BCUT2D eigenvalue weighted by Crippen LogP contribution is -2.39. The standard InChI is InChI=1S/C12H12F5N3/c13-6-7(14)9(16)11(10(17)8(6)15)20-3-1-5(2-4-20)12(18)19/h5H,1-4H2,(H3,18,19). The molecule has 1 saturated heterocycles. The molecule has 0 spiro atoms. The maximum atomic E-state index is 13.6. The Morgan fingerprint density at radius 1 is 0.900 bits per heavy atom. The van der Waals surface area contributed by atoms with Crippen molar-refractivity contribution in [2.45, 2.75) is 12.8 Å². The average molecular weight is 293 g/mol. The minimum absolute atomic E-state index is 0.0398. The van der Waals surface area contributed by atoms with E-state index in [1.54, 1.807) is 0 Å². The second-order valence-electron chi connectivity index (χ2n) is 4.64. The second kappa shape index (κ2) is 5.26. The predicted octanol–water partition coefficient (Wildman–Crippen LogP) is 2.53. The molecule has 0 atom stereocenters. The lowest BCUT2D eigenvalue weighted by Gasteiger charge is -2.33. The van der Waals surface area contributed by atoms with Crippen molar-refractivity contribution < 1.29 is 22.0 Å². The van der Waals surface area contributed by atoms with E-state index in [0.717, 1.165) is 4.90 Å². The lowest BCUT2D eigenvalue weighted by molar-refractivity contribution is 0.374. The molecule has 1 aliphatic rings. The molecular weight excluding hydrogens is 281 g/mol. The molecule has 3 nitrogen and oxygen atoms in total. The number of nitrogens with two attached hydrogens (primary N) is 1. The Hall–Kier alpha value is -1.86. The van der Waals surface area contributed by atoms with Crippen LogP contribution in [-0.2, 0) is 0 Å². The van der Waals surface area contributed by atoms with Crippen LogP contribution < -0.4 is 10.6 Å². The van der Waals surface area contributed by atoms with E-state index < -0.39 is 34.8 Å². The van der Waals surface area contributed by atoms with Crippen molar-refractivity contribution in [2.75, 3.05) is 18.0 Å². The van der Waals surface area contributed by atoms with Crippen molar-refractivity contribution in [1.82, 2.24) is 0 Å². The molecule has 8 heteroatoms. The van der Waals surface area contributed by atoms with Crippen LogP contribution in [0, 0.1) is 40.4 Å². The summed E-state index contributed by atoms with van der Waals surface area (Å²) in [6.07, 6.45) is 0.656. The summed E-state index contributed by atoms with van der Waals surface area (Å²) in [4.78, 5) is 1.09. The first-order valence-corrected chi connectivity index (χ1v) is 5.94. The Balaban J connectivity index is 2.33. The van der Waals surface area contributed by atoms with Crippen molar-refractivity contribution in [3.05, 3.63) is 29.1 Å². The fraction of sp³-hybridized carbons (Fsp3) is 0.417. The van der Waals surface area contributed by atoms with Gasteiger partial charge in [-0.2, -0.15) is 0 Å². The average Bonchev–Trinajstić information content (AvgIpc) is 2.44. The van der Waals surface area contributed by atoms with Crippen molar-refractivity contribution in [3.8, 4) is 0 Å². The lowest BCUT2D eigenvalue weighted by atomic mass is 9.95. The van der Waals surface area contributed by atoms with Gasteiger partial charge in [0.1, 0.15) is 5.69 Å². The number of nitrogens with zero attached hydrogens (tertiary/aromatic N) is 1. The molecule has 1 heterocycles. The van der Waals surface area contributed by atoms with Crippen molar-refractivity contribution in [1.29, 1.82) is 5.41 Å². The second-order valence-corrected chi connectivity index (χ2v) is 4.64. The van der Waals surface area contributed by atoms with Crippen LogP contribution in [0.15, 0.2) is 0 Å². The van der Waals surface area contributed by atoms with Crippen LogP contribution in [0.2, 0.25) is 0 Å². The van der Waals surface area contributed by atoms with E-state index in [1.807, 2.05) is 0 Å². The van der Waals surface area contributed by atoms with Crippen LogP contribution in [-0.4, -0.2) is 18.9 Å². The molecule has 0 amide bonds. The summed E-state index contributed by atoms with van der Waals surface area (Å²) in [5.41, 5.74) is 4.41. The maximum absolute atomic E-state index is 13.6. The summed E-state index contributed by atoms with van der Waals surface area (Å²) < 4.78 is 66.4. The first kappa shape index (κ1) is 14.5. The van der Waals surface area contributed by atoms with Gasteiger partial charge in [-0.25, -0.2) is 22.0 Å². The maximum Gasteiger partial charge on any atom is 0.200 e. The first-order valence-electron chi connectivity index (χ1n) is 5.94. The Bertz CT molecular complexity index is 524. The van der Waals surface area contributed by atoms with Gasteiger partial charge in [0.2, 0.25) is 5.82 Å². The highest BCUT2D eigenvalue weighted by atomic mass is 19.2. The Morgan fingerprint density at radius 3 is 1.70 bits per heavy atom. The SMILES string of the molecule is N=C(N)C1CCN(c2c(F)c(F)c(F)c(F)c2F)CC1. The van der Waals surface area contributed by atoms with Gasteiger partial charge in [-0.05, 0) is 12.8 Å². The number of hydrogen-bond donors (Lipinski definition) is 2. The number of halogens is 5. The number of nitrogens with one attached hydrogen (secondary N) is 1. The number of benzene rings is 1. The zero-order valence-electron chi connectivity index (χ0n) is 10.3. The fourth-order valence-corrected chi connectivity index (χ4v) is 2.29. The minimum atomic E-state index is -2.16. The van der Waals surface area contributed by atoms with Crippen LogP contribution in [0.4, 0.5) is 27.6 Å². The van der Waals surface area contributed by atoms with E-state index in [4.69, 9.17) is 11.1 Å². The highest BCUT2D eigenvalue weighted by Gasteiger charge is 2.31. The molecule has 1 aliphatic heterocycles. The Labute approximate surface area is 111 Å². The molecule has 1 fully saturated rings. The number of piperidine rings is 1. The number of anilines is 1. The molecule has 110 valence electrons. The third kappa shape index (κ3) is 2.30. The third-order valence-electron chi connectivity index (χ3n) is 3.44. The molecule has 2 rings (SSSR count). The normalized spacial score (nSPS) is 16.6. The Morgan fingerprint density at radius 2 is 1.30 bits per heavy atom. The van der Waals surface area contributed by atoms with Gasteiger partial charge in [0.05, 0.1) is 5.84 Å². The largest absolute Gasteiger partial charge is 0.387 e. The van der Waals surface area contributed by atoms with Crippen LogP contribution in [0.1, 0.15) is 12.8 Å². The van der Waals surface area contributed by atoms with Crippen LogP contribution in [0.3, 0.4) is 0 Å². The van der Waals surface area contributed by atoms with Gasteiger partial charge in [0.15, 0.2) is 23.3 Å². The molecule has 0 bridgehead atoms. The summed E-state index contributed by atoms with van der Waals surface area (Å²) in [5, 5.41) is 7.28. The summed E-state index contributed by atoms with van der Waals surface area (Å²) in [6, 6.07) is 0. The molecule has 0 aromatic heterocycles. The van der Waals surface area contributed by atoms with E-state index in [9.17, 15) is 22.0 Å². The van der Waals surface area contributed by atoms with Crippen LogP contribution in [0.5, 0.6) is 0 Å². The fourth-order valence-electron chi connectivity index (χ4n) is 2.29. The minimum Gasteiger partial charge on any atom is -0.387 e. The van der Waals surface area contributed by atoms with Gasteiger partial charge < -0.3 is 10.6 Å². The topological polar surface area (TPSA) is 53.1 Å². The molecule has 0 radical (unpaired) electrons. The van der Waals surface area contributed by atoms with Gasteiger partial charge in [-0.3, -0.25) is 5.41 Å². The van der Waals surface area contributed by atoms with E-state index in [2.05, 4.69) is 0 Å². The molecule has 1 aromatic carbocycles. The summed E-state index contributed by atoms with van der Waals surface area (Å²) >= 11 is 0. The molecule has 0 aliphatic carbocycles. The first-order chi connectivity index (χ1) is 9.34. The highest BCUT2D eigenvalue weighted by molar-refractivity contribution is 5.79. The van der Waals surface area contributed by atoms with Crippen LogP contribution in [0.25, 0.3) is 0 Å². The van der Waals surface area contributed by atoms with Crippen molar-refractivity contribution in [2.24, 2.45) is 11.7 Å². The predicted molar refractivity (Wildman–Crippen MR) is 63.1 cm³/mol. The third-order valence-corrected chi connectivity index (χ3v) is 3.44. The monoisotopic (exact) mass is 293 g/mol. The molecule has 0 saturated carbocycles. The molecule has 1 aromatic rings. The van der Waals surface area contributed by atoms with E-state index in [-0.39, 0.29) is 24.8 Å². The van der Waals surface area contributed by atoms with Gasteiger partial charge >= 0.3 is 0 Å². The summed E-state index contributed by atoms with van der Waals surface area (Å²) in [6.45, 7) is 0.144. The number of amidine groups is 1. The zero-order valence-corrected chi connectivity index (χ0v) is 10.3. The number of rotatable bonds is 2. The summed E-state index contributed by atoms with van der Waals surface area (Å²) in [7, 11) is 0. The molecule has 20 heavy (non-hydrogen) atoms. The van der Waals surface area contributed by atoms with Crippen molar-refractivity contribution >= 4 is 11.5 Å². The van der Waals surface area contributed by atoms with E-state index in [1.165, 1.54) is 0 Å². The Kier molecular flexibility index (Phi) is 3.82. The van der Waals surface area contributed by atoms with Gasteiger partial charge in [-0.1, -0.05) is 0 Å². The molecular formula is C12H12F5N3. The van der Waals surface area contributed by atoms with Crippen LogP contribution >= 0.6 is 0 Å². The van der Waals surface area contributed by atoms with Gasteiger partial charge in [-0.15, -0.1) is 0 Å². The smallest absolute Gasteiger partial charge is 0.200 e. The highest BCUT2D eigenvalue weighted by Crippen LogP contribution is 2.32. The quantitative estimate of drug-likeness (QED) is 0.289. The van der Waals surface area contributed by atoms with Gasteiger partial charge in [0.25, 0.3) is 0 Å². The van der Waals surface area contributed by atoms with Crippen molar-refractivity contribution in [3.63, 3.8) is 0 Å². The zero-order chi connectivity index (χ0) is 15.0. The van der Waals surface area contributed by atoms with E-state index >= 15 is 0 Å². The van der Waals surface area contributed by atoms with E-state index in [0.29, 0.717) is 12.8 Å². The van der Waals surface area contributed by atoms with Gasteiger partial charge in [0, 0.05) is 19.0 Å². The molecule has 3 N–H and O–H groups in total.